The van der Waals surface area contributed by atoms with E-state index in [9.17, 15) is 13.2 Å². The second kappa shape index (κ2) is 7.93. The van der Waals surface area contributed by atoms with Crippen LogP contribution in [-0.2, 0) is 22.8 Å². The third-order valence-corrected chi connectivity index (χ3v) is 5.82. The summed E-state index contributed by atoms with van der Waals surface area (Å²) in [6.45, 7) is 5.03. The molecule has 0 fully saturated rings. The summed E-state index contributed by atoms with van der Waals surface area (Å²) in [6.07, 6.45) is 1.77. The SMILES string of the molecule is CNCc1cccc2c1CCN2C(=O)c1cc(S(C)(=O)=O)ccc1OC(C)C. The number of anilines is 1. The number of benzene rings is 2. The van der Waals surface area contributed by atoms with Gasteiger partial charge in [0.05, 0.1) is 16.6 Å². The van der Waals surface area contributed by atoms with E-state index >= 15 is 0 Å². The van der Waals surface area contributed by atoms with E-state index in [2.05, 4.69) is 11.4 Å². The summed E-state index contributed by atoms with van der Waals surface area (Å²) < 4.78 is 29.8. The molecule has 2 aromatic carbocycles. The molecule has 1 heterocycles. The van der Waals surface area contributed by atoms with Crippen molar-refractivity contribution in [2.75, 3.05) is 24.7 Å². The molecule has 2 aromatic rings. The molecule has 0 unspecified atom stereocenters. The van der Waals surface area contributed by atoms with Crippen molar-refractivity contribution in [2.45, 2.75) is 37.8 Å². The van der Waals surface area contributed by atoms with E-state index in [1.54, 1.807) is 11.0 Å². The molecule has 0 radical (unpaired) electrons. The number of carbonyl (C=O) groups is 1. The van der Waals surface area contributed by atoms with E-state index in [4.69, 9.17) is 4.74 Å². The number of sulfone groups is 1. The van der Waals surface area contributed by atoms with Gasteiger partial charge < -0.3 is 15.0 Å². The number of amides is 1. The zero-order chi connectivity index (χ0) is 20.5. The highest BCUT2D eigenvalue weighted by molar-refractivity contribution is 7.90. The average Bonchev–Trinajstić information content (AvgIpc) is 3.05. The van der Waals surface area contributed by atoms with Crippen molar-refractivity contribution >= 4 is 21.4 Å². The van der Waals surface area contributed by atoms with Crippen LogP contribution in [0.25, 0.3) is 0 Å². The Morgan fingerprint density at radius 3 is 2.64 bits per heavy atom. The Labute approximate surface area is 166 Å². The Morgan fingerprint density at radius 2 is 2.00 bits per heavy atom. The molecule has 0 saturated heterocycles. The first-order valence-corrected chi connectivity index (χ1v) is 11.2. The number of hydrogen-bond donors (Lipinski definition) is 1. The van der Waals surface area contributed by atoms with Gasteiger partial charge in [-0.15, -0.1) is 0 Å². The molecule has 0 atom stereocenters. The predicted molar refractivity (Wildman–Crippen MR) is 110 cm³/mol. The first-order chi connectivity index (χ1) is 13.2. The Balaban J connectivity index is 2.05. The van der Waals surface area contributed by atoms with Crippen LogP contribution in [0.3, 0.4) is 0 Å². The molecule has 0 saturated carbocycles. The highest BCUT2D eigenvalue weighted by Crippen LogP contribution is 2.34. The van der Waals surface area contributed by atoms with Crippen molar-refractivity contribution in [1.82, 2.24) is 5.32 Å². The number of hydrogen-bond acceptors (Lipinski definition) is 5. The zero-order valence-electron chi connectivity index (χ0n) is 16.7. The molecule has 3 rings (SSSR count). The van der Waals surface area contributed by atoms with Crippen molar-refractivity contribution < 1.29 is 17.9 Å². The lowest BCUT2D eigenvalue weighted by Gasteiger charge is -2.21. The topological polar surface area (TPSA) is 75.7 Å². The molecular weight excluding hydrogens is 376 g/mol. The highest BCUT2D eigenvalue weighted by atomic mass is 32.2. The summed E-state index contributed by atoms with van der Waals surface area (Å²) in [5, 5.41) is 3.15. The molecule has 0 spiro atoms. The predicted octanol–water partition coefficient (Wildman–Crippen LogP) is 2.80. The second-order valence-corrected chi connectivity index (χ2v) is 9.26. The largest absolute Gasteiger partial charge is 0.490 e. The monoisotopic (exact) mass is 402 g/mol. The van der Waals surface area contributed by atoms with Gasteiger partial charge in [0.1, 0.15) is 5.75 Å². The van der Waals surface area contributed by atoms with Crippen molar-refractivity contribution in [1.29, 1.82) is 0 Å². The first kappa shape index (κ1) is 20.4. The quantitative estimate of drug-likeness (QED) is 0.804. The summed E-state index contributed by atoms with van der Waals surface area (Å²) in [7, 11) is -1.54. The first-order valence-electron chi connectivity index (χ1n) is 9.30. The summed E-state index contributed by atoms with van der Waals surface area (Å²) in [5.74, 6) is 0.147. The number of nitrogens with one attached hydrogen (secondary N) is 1. The van der Waals surface area contributed by atoms with E-state index < -0.39 is 9.84 Å². The van der Waals surface area contributed by atoms with Gasteiger partial charge in [-0.3, -0.25) is 4.79 Å². The maximum Gasteiger partial charge on any atom is 0.262 e. The van der Waals surface area contributed by atoms with Gasteiger partial charge in [0.15, 0.2) is 9.84 Å². The average molecular weight is 403 g/mol. The fourth-order valence-electron chi connectivity index (χ4n) is 3.48. The highest BCUT2D eigenvalue weighted by Gasteiger charge is 2.29. The molecule has 7 heteroatoms. The molecule has 1 aliphatic heterocycles. The maximum atomic E-state index is 13.4. The molecule has 1 aliphatic rings. The Hall–Kier alpha value is -2.38. The molecule has 28 heavy (non-hydrogen) atoms. The van der Waals surface area contributed by atoms with Crippen LogP contribution in [-0.4, -0.2) is 40.3 Å². The normalized spacial score (nSPS) is 13.7. The fourth-order valence-corrected chi connectivity index (χ4v) is 4.13. The van der Waals surface area contributed by atoms with Crippen LogP contribution in [0, 0.1) is 0 Å². The zero-order valence-corrected chi connectivity index (χ0v) is 17.5. The molecule has 0 aliphatic carbocycles. The lowest BCUT2D eigenvalue weighted by molar-refractivity contribution is 0.0983. The van der Waals surface area contributed by atoms with Crippen molar-refractivity contribution in [2.24, 2.45) is 0 Å². The Morgan fingerprint density at radius 1 is 1.25 bits per heavy atom. The summed E-state index contributed by atoms with van der Waals surface area (Å²) in [5.41, 5.74) is 3.45. The minimum absolute atomic E-state index is 0.107. The van der Waals surface area contributed by atoms with E-state index in [0.717, 1.165) is 30.5 Å². The smallest absolute Gasteiger partial charge is 0.262 e. The van der Waals surface area contributed by atoms with Gasteiger partial charge >= 0.3 is 0 Å². The molecule has 1 N–H and O–H groups in total. The number of ether oxygens (including phenoxy) is 1. The van der Waals surface area contributed by atoms with Gasteiger partial charge in [-0.1, -0.05) is 12.1 Å². The van der Waals surface area contributed by atoms with Crippen LogP contribution in [0.15, 0.2) is 41.3 Å². The third kappa shape index (κ3) is 4.05. The van der Waals surface area contributed by atoms with Crippen LogP contribution < -0.4 is 15.0 Å². The lowest BCUT2D eigenvalue weighted by Crippen LogP contribution is -2.29. The summed E-state index contributed by atoms with van der Waals surface area (Å²) in [4.78, 5) is 15.2. The van der Waals surface area contributed by atoms with Crippen LogP contribution in [0.1, 0.15) is 35.3 Å². The summed E-state index contributed by atoms with van der Waals surface area (Å²) in [6, 6.07) is 10.4. The van der Waals surface area contributed by atoms with Crippen LogP contribution in [0.4, 0.5) is 5.69 Å². The van der Waals surface area contributed by atoms with Gasteiger partial charge in [-0.25, -0.2) is 8.42 Å². The standard InChI is InChI=1S/C21H26N2O4S/c1-14(2)27-20-9-8-16(28(4,25)26)12-18(20)21(24)23-11-10-17-15(13-22-3)6-5-7-19(17)23/h5-9,12,14,22H,10-11,13H2,1-4H3. The molecule has 0 bridgehead atoms. The van der Waals surface area contributed by atoms with Crippen molar-refractivity contribution in [3.8, 4) is 5.75 Å². The fraction of sp³-hybridized carbons (Fsp3) is 0.381. The van der Waals surface area contributed by atoms with Gasteiger partial charge in [-0.05, 0) is 62.7 Å². The molecule has 0 aromatic heterocycles. The Kier molecular flexibility index (Phi) is 5.76. The van der Waals surface area contributed by atoms with Crippen LogP contribution in [0.2, 0.25) is 0 Å². The maximum absolute atomic E-state index is 13.4. The Bertz CT molecular complexity index is 999. The minimum atomic E-state index is -3.44. The van der Waals surface area contributed by atoms with Gasteiger partial charge in [0.25, 0.3) is 5.91 Å². The van der Waals surface area contributed by atoms with Crippen molar-refractivity contribution in [3.63, 3.8) is 0 Å². The molecule has 150 valence electrons. The second-order valence-electron chi connectivity index (χ2n) is 7.25. The molecule has 1 amide bonds. The molecular formula is C21H26N2O4S. The van der Waals surface area contributed by atoms with E-state index in [0.29, 0.717) is 12.3 Å². The van der Waals surface area contributed by atoms with Gasteiger partial charge in [-0.2, -0.15) is 0 Å². The minimum Gasteiger partial charge on any atom is -0.490 e. The van der Waals surface area contributed by atoms with E-state index in [1.165, 1.54) is 17.7 Å². The van der Waals surface area contributed by atoms with E-state index in [-0.39, 0.29) is 22.5 Å². The van der Waals surface area contributed by atoms with Gasteiger partial charge in [0, 0.05) is 25.0 Å². The molecule has 6 nitrogen and oxygen atoms in total. The summed E-state index contributed by atoms with van der Waals surface area (Å²) >= 11 is 0. The van der Waals surface area contributed by atoms with Crippen molar-refractivity contribution in [3.05, 3.63) is 53.1 Å². The number of rotatable bonds is 6. The van der Waals surface area contributed by atoms with E-state index in [1.807, 2.05) is 33.0 Å². The van der Waals surface area contributed by atoms with Crippen LogP contribution >= 0.6 is 0 Å². The number of nitrogens with zero attached hydrogens (tertiary/aromatic N) is 1. The van der Waals surface area contributed by atoms with Gasteiger partial charge in [0.2, 0.25) is 0 Å². The van der Waals surface area contributed by atoms with Crippen LogP contribution in [0.5, 0.6) is 5.75 Å². The number of fused-ring (bicyclic) bond motifs is 1. The number of carbonyl (C=O) groups excluding carboxylic acids is 1. The lowest BCUT2D eigenvalue weighted by atomic mass is 10.0. The third-order valence-electron chi connectivity index (χ3n) is 4.71.